The Balaban J connectivity index is 1.75. The van der Waals surface area contributed by atoms with Crippen LogP contribution in [0.4, 0.5) is 4.79 Å². The normalized spacial score (nSPS) is 21.9. The van der Waals surface area contributed by atoms with Gasteiger partial charge in [-0.25, -0.2) is 4.79 Å². The molecular weight excluding hydrogens is 230 g/mol. The second kappa shape index (κ2) is 6.07. The summed E-state index contributed by atoms with van der Waals surface area (Å²) in [5.74, 6) is -0.0688. The molecule has 1 unspecified atom stereocenters. The highest BCUT2D eigenvalue weighted by Crippen LogP contribution is 2.18. The lowest BCUT2D eigenvalue weighted by atomic mass is 10.2. The van der Waals surface area contributed by atoms with Crippen molar-refractivity contribution < 1.29 is 9.59 Å². The van der Waals surface area contributed by atoms with Crippen LogP contribution in [-0.2, 0) is 4.79 Å². The molecular formula is C13H23N3O2. The van der Waals surface area contributed by atoms with Crippen molar-refractivity contribution in [1.82, 2.24) is 15.5 Å². The lowest BCUT2D eigenvalue weighted by molar-refractivity contribution is -0.122. The van der Waals surface area contributed by atoms with Crippen molar-refractivity contribution in [3.8, 4) is 0 Å². The molecule has 2 rings (SSSR count). The summed E-state index contributed by atoms with van der Waals surface area (Å²) >= 11 is 0. The smallest absolute Gasteiger partial charge is 0.318 e. The largest absolute Gasteiger partial charge is 0.352 e. The van der Waals surface area contributed by atoms with Crippen LogP contribution in [0.3, 0.4) is 0 Å². The van der Waals surface area contributed by atoms with Gasteiger partial charge in [-0.1, -0.05) is 12.8 Å². The third kappa shape index (κ3) is 3.89. The minimum absolute atomic E-state index is 0.0688. The monoisotopic (exact) mass is 253 g/mol. The predicted molar refractivity (Wildman–Crippen MR) is 69.2 cm³/mol. The number of amides is 3. The van der Waals surface area contributed by atoms with E-state index < -0.39 is 6.04 Å². The molecule has 1 saturated carbocycles. The molecule has 0 aromatic rings. The second-order valence-electron chi connectivity index (χ2n) is 5.36. The van der Waals surface area contributed by atoms with E-state index in [1.54, 1.807) is 6.92 Å². The number of hydrogen-bond donors (Lipinski definition) is 2. The molecule has 1 aliphatic carbocycles. The van der Waals surface area contributed by atoms with Gasteiger partial charge in [0.15, 0.2) is 0 Å². The van der Waals surface area contributed by atoms with Crippen molar-refractivity contribution in [3.63, 3.8) is 0 Å². The quantitative estimate of drug-likeness (QED) is 0.795. The first-order valence-corrected chi connectivity index (χ1v) is 7.02. The van der Waals surface area contributed by atoms with Crippen molar-refractivity contribution in [3.05, 3.63) is 0 Å². The van der Waals surface area contributed by atoms with E-state index in [0.717, 1.165) is 38.8 Å². The highest BCUT2D eigenvalue weighted by atomic mass is 16.2. The lowest BCUT2D eigenvalue weighted by Crippen LogP contribution is -2.50. The fraction of sp³-hybridized carbons (Fsp3) is 0.846. The van der Waals surface area contributed by atoms with E-state index >= 15 is 0 Å². The standard InChI is InChI=1S/C13H23N3O2/c1-10(12(17)15-11-6-7-11)14-13(18)16-8-4-2-3-5-9-16/h10-11H,2-9H2,1H3,(H,14,18)(H,15,17). The van der Waals surface area contributed by atoms with Crippen molar-refractivity contribution in [2.75, 3.05) is 13.1 Å². The van der Waals surface area contributed by atoms with Crippen LogP contribution < -0.4 is 10.6 Å². The third-order valence-corrected chi connectivity index (χ3v) is 3.55. The van der Waals surface area contributed by atoms with Gasteiger partial charge in [0.05, 0.1) is 0 Å². The Hall–Kier alpha value is -1.26. The average molecular weight is 253 g/mol. The van der Waals surface area contributed by atoms with Gasteiger partial charge in [0, 0.05) is 19.1 Å². The number of hydrogen-bond acceptors (Lipinski definition) is 2. The average Bonchev–Trinajstić information content (AvgIpc) is 3.14. The Morgan fingerprint density at radius 1 is 1.11 bits per heavy atom. The zero-order valence-electron chi connectivity index (χ0n) is 11.1. The second-order valence-corrected chi connectivity index (χ2v) is 5.36. The van der Waals surface area contributed by atoms with E-state index in [1.165, 1.54) is 12.8 Å². The van der Waals surface area contributed by atoms with Crippen molar-refractivity contribution in [1.29, 1.82) is 0 Å². The van der Waals surface area contributed by atoms with Gasteiger partial charge in [0.1, 0.15) is 6.04 Å². The topological polar surface area (TPSA) is 61.4 Å². The summed E-state index contributed by atoms with van der Waals surface area (Å²) in [6.07, 6.45) is 6.66. The maximum Gasteiger partial charge on any atom is 0.318 e. The Labute approximate surface area is 108 Å². The molecule has 1 atom stereocenters. The van der Waals surface area contributed by atoms with Crippen molar-refractivity contribution in [2.24, 2.45) is 0 Å². The third-order valence-electron chi connectivity index (χ3n) is 3.55. The highest BCUT2D eigenvalue weighted by Gasteiger charge is 2.27. The first-order valence-electron chi connectivity index (χ1n) is 7.02. The van der Waals surface area contributed by atoms with Crippen LogP contribution in [0, 0.1) is 0 Å². The Morgan fingerprint density at radius 2 is 1.72 bits per heavy atom. The minimum Gasteiger partial charge on any atom is -0.352 e. The van der Waals surface area contributed by atoms with Crippen LogP contribution in [0.2, 0.25) is 0 Å². The van der Waals surface area contributed by atoms with E-state index in [2.05, 4.69) is 10.6 Å². The van der Waals surface area contributed by atoms with Crippen molar-refractivity contribution >= 4 is 11.9 Å². The van der Waals surface area contributed by atoms with Gasteiger partial charge in [-0.05, 0) is 32.6 Å². The first kappa shape index (κ1) is 13.2. The fourth-order valence-corrected chi connectivity index (χ4v) is 2.17. The molecule has 1 saturated heterocycles. The van der Waals surface area contributed by atoms with Crippen molar-refractivity contribution in [2.45, 2.75) is 57.5 Å². The molecule has 3 amide bonds. The molecule has 5 nitrogen and oxygen atoms in total. The van der Waals surface area contributed by atoms with E-state index in [0.29, 0.717) is 6.04 Å². The summed E-state index contributed by atoms with van der Waals surface area (Å²) in [5.41, 5.74) is 0. The van der Waals surface area contributed by atoms with Crippen LogP contribution in [0.25, 0.3) is 0 Å². The molecule has 0 aromatic heterocycles. The van der Waals surface area contributed by atoms with Gasteiger partial charge in [-0.2, -0.15) is 0 Å². The molecule has 0 radical (unpaired) electrons. The number of urea groups is 1. The zero-order chi connectivity index (χ0) is 13.0. The van der Waals surface area contributed by atoms with Gasteiger partial charge in [0.25, 0.3) is 0 Å². The number of nitrogens with one attached hydrogen (secondary N) is 2. The van der Waals surface area contributed by atoms with E-state index in [9.17, 15) is 9.59 Å². The Morgan fingerprint density at radius 3 is 2.28 bits per heavy atom. The summed E-state index contributed by atoms with van der Waals surface area (Å²) in [4.78, 5) is 25.6. The molecule has 1 aliphatic heterocycles. The van der Waals surface area contributed by atoms with Gasteiger partial charge in [0.2, 0.25) is 5.91 Å². The Bertz CT molecular complexity index is 307. The van der Waals surface area contributed by atoms with Crippen LogP contribution >= 0.6 is 0 Å². The molecule has 2 fully saturated rings. The van der Waals surface area contributed by atoms with Crippen LogP contribution in [0.5, 0.6) is 0 Å². The van der Waals surface area contributed by atoms with Gasteiger partial charge < -0.3 is 15.5 Å². The van der Waals surface area contributed by atoms with Crippen LogP contribution in [-0.4, -0.2) is 42.0 Å². The van der Waals surface area contributed by atoms with Crippen LogP contribution in [0.1, 0.15) is 45.4 Å². The van der Waals surface area contributed by atoms with E-state index in [-0.39, 0.29) is 11.9 Å². The molecule has 2 N–H and O–H groups in total. The van der Waals surface area contributed by atoms with E-state index in [4.69, 9.17) is 0 Å². The lowest BCUT2D eigenvalue weighted by Gasteiger charge is -2.23. The summed E-state index contributed by atoms with van der Waals surface area (Å²) < 4.78 is 0. The van der Waals surface area contributed by atoms with Gasteiger partial charge in [-0.3, -0.25) is 4.79 Å². The van der Waals surface area contributed by atoms with Gasteiger partial charge in [-0.15, -0.1) is 0 Å². The molecule has 1 heterocycles. The SMILES string of the molecule is CC(NC(=O)N1CCCCCC1)C(=O)NC1CC1. The maximum atomic E-state index is 12.0. The molecule has 5 heteroatoms. The number of rotatable bonds is 3. The first-order chi connectivity index (χ1) is 8.66. The predicted octanol–water partition coefficient (Wildman–Crippen LogP) is 1.24. The zero-order valence-corrected chi connectivity index (χ0v) is 11.1. The summed E-state index contributed by atoms with van der Waals surface area (Å²) in [6.45, 7) is 3.36. The molecule has 2 aliphatic rings. The molecule has 0 aromatic carbocycles. The Kier molecular flexibility index (Phi) is 4.44. The van der Waals surface area contributed by atoms with Crippen LogP contribution in [0.15, 0.2) is 0 Å². The summed E-state index contributed by atoms with van der Waals surface area (Å²) in [5, 5.41) is 5.69. The maximum absolute atomic E-state index is 12.0. The molecule has 18 heavy (non-hydrogen) atoms. The van der Waals surface area contributed by atoms with E-state index in [1.807, 2.05) is 4.90 Å². The number of carbonyl (C=O) groups excluding carboxylic acids is 2. The number of likely N-dealkylation sites (tertiary alicyclic amines) is 1. The van der Waals surface area contributed by atoms with Gasteiger partial charge >= 0.3 is 6.03 Å². The number of nitrogens with zero attached hydrogens (tertiary/aromatic N) is 1. The molecule has 102 valence electrons. The summed E-state index contributed by atoms with van der Waals surface area (Å²) in [6, 6.07) is -0.202. The highest BCUT2D eigenvalue weighted by molar-refractivity contribution is 5.87. The number of carbonyl (C=O) groups is 2. The minimum atomic E-state index is -0.443. The molecule has 0 bridgehead atoms. The fourth-order valence-electron chi connectivity index (χ4n) is 2.17. The molecule has 0 spiro atoms. The summed E-state index contributed by atoms with van der Waals surface area (Å²) in [7, 11) is 0.